The van der Waals surface area contributed by atoms with Crippen LogP contribution in [0, 0.1) is 0 Å². The maximum Gasteiger partial charge on any atom is 0.325 e. The summed E-state index contributed by atoms with van der Waals surface area (Å²) in [5.74, 6) is 0.615. The highest BCUT2D eigenvalue weighted by Gasteiger charge is 2.41. The summed E-state index contributed by atoms with van der Waals surface area (Å²) in [5, 5.41) is 0. The van der Waals surface area contributed by atoms with Crippen LogP contribution in [0.15, 0.2) is 18.2 Å². The van der Waals surface area contributed by atoms with E-state index in [0.717, 1.165) is 5.69 Å². The maximum absolute atomic E-state index is 12.9. The van der Waals surface area contributed by atoms with Crippen molar-refractivity contribution in [3.63, 3.8) is 0 Å². The number of ether oxygens (including phenoxy) is 4. The van der Waals surface area contributed by atoms with Crippen LogP contribution in [0.1, 0.15) is 12.8 Å². The molecule has 9 nitrogen and oxygen atoms in total. The Bertz CT molecular complexity index is 769. The number of likely N-dealkylation sites (tertiary alicyclic amines) is 1. The zero-order valence-electron chi connectivity index (χ0n) is 16.9. The Morgan fingerprint density at radius 2 is 1.72 bits per heavy atom. The molecule has 0 N–H and O–H groups in total. The van der Waals surface area contributed by atoms with E-state index in [9.17, 15) is 9.59 Å². The first-order chi connectivity index (χ1) is 14.0. The number of benzene rings is 1. The fraction of sp³-hybridized carbons (Fsp3) is 0.600. The Morgan fingerprint density at radius 1 is 1.03 bits per heavy atom. The normalized spacial score (nSPS) is 21.2. The standard InChI is InChI=1S/C20H27N3O6/c1-26-16-4-3-15(13-17(16)27-2)23-10-9-22(19(23)25)14-18(24)21-7-5-20(6-8-21)28-11-12-29-20/h3-4,13H,5-12,14H2,1-2H3. The SMILES string of the molecule is COc1ccc(N2CCN(CC(=O)N3CCC4(CC3)OCCO4)C2=O)cc1OC. The number of amides is 3. The number of methoxy groups -OCH3 is 2. The topological polar surface area (TPSA) is 80.8 Å². The number of anilines is 1. The lowest BCUT2D eigenvalue weighted by Gasteiger charge is -2.38. The van der Waals surface area contributed by atoms with Crippen molar-refractivity contribution >= 4 is 17.6 Å². The monoisotopic (exact) mass is 405 g/mol. The van der Waals surface area contributed by atoms with E-state index in [2.05, 4.69) is 0 Å². The summed E-state index contributed by atoms with van der Waals surface area (Å²) in [6.07, 6.45) is 1.34. The predicted octanol–water partition coefficient (Wildman–Crippen LogP) is 1.31. The van der Waals surface area contributed by atoms with Gasteiger partial charge in [-0.15, -0.1) is 0 Å². The Kier molecular flexibility index (Phi) is 5.51. The van der Waals surface area contributed by atoms with Crippen LogP contribution in [0.25, 0.3) is 0 Å². The largest absolute Gasteiger partial charge is 0.493 e. The molecule has 3 fully saturated rings. The predicted molar refractivity (Wildman–Crippen MR) is 104 cm³/mol. The van der Waals surface area contributed by atoms with Crippen LogP contribution < -0.4 is 14.4 Å². The molecule has 3 amide bonds. The summed E-state index contributed by atoms with van der Waals surface area (Å²) in [5.41, 5.74) is 0.720. The number of hydrogen-bond acceptors (Lipinski definition) is 6. The Balaban J connectivity index is 1.35. The average Bonchev–Trinajstić information content (AvgIpc) is 3.35. The minimum atomic E-state index is -0.509. The van der Waals surface area contributed by atoms with Crippen LogP contribution in [0.5, 0.6) is 11.5 Å². The van der Waals surface area contributed by atoms with Crippen molar-refractivity contribution in [3.05, 3.63) is 18.2 Å². The lowest BCUT2D eigenvalue weighted by atomic mass is 10.0. The molecule has 3 aliphatic rings. The molecule has 1 aromatic rings. The number of carbonyl (C=O) groups excluding carboxylic acids is 2. The van der Waals surface area contributed by atoms with Crippen LogP contribution >= 0.6 is 0 Å². The summed E-state index contributed by atoms with van der Waals surface area (Å²) in [4.78, 5) is 30.6. The first-order valence-electron chi connectivity index (χ1n) is 9.89. The summed E-state index contributed by atoms with van der Waals surface area (Å²) >= 11 is 0. The molecule has 0 aromatic heterocycles. The van der Waals surface area contributed by atoms with Crippen LogP contribution in [0.2, 0.25) is 0 Å². The number of hydrogen-bond donors (Lipinski definition) is 0. The van der Waals surface area contributed by atoms with Crippen molar-refractivity contribution in [2.75, 3.05) is 65.1 Å². The number of carbonyl (C=O) groups is 2. The lowest BCUT2D eigenvalue weighted by Crippen LogP contribution is -2.50. The smallest absolute Gasteiger partial charge is 0.325 e. The second-order valence-electron chi connectivity index (χ2n) is 7.38. The van der Waals surface area contributed by atoms with Crippen LogP contribution in [-0.4, -0.2) is 87.7 Å². The second-order valence-corrected chi connectivity index (χ2v) is 7.38. The van der Waals surface area contributed by atoms with Gasteiger partial charge in [-0.3, -0.25) is 9.69 Å². The van der Waals surface area contributed by atoms with Gasteiger partial charge in [0, 0.05) is 50.8 Å². The number of rotatable bonds is 5. The van der Waals surface area contributed by atoms with Gasteiger partial charge in [0.1, 0.15) is 6.54 Å². The molecule has 1 spiro atoms. The zero-order chi connectivity index (χ0) is 20.4. The van der Waals surface area contributed by atoms with E-state index in [4.69, 9.17) is 18.9 Å². The first-order valence-corrected chi connectivity index (χ1v) is 9.89. The van der Waals surface area contributed by atoms with Gasteiger partial charge >= 0.3 is 6.03 Å². The molecule has 0 saturated carbocycles. The lowest BCUT2D eigenvalue weighted by molar-refractivity contribution is -0.187. The Hall–Kier alpha value is -2.52. The van der Waals surface area contributed by atoms with Crippen molar-refractivity contribution in [1.29, 1.82) is 0 Å². The highest BCUT2D eigenvalue weighted by atomic mass is 16.7. The zero-order valence-corrected chi connectivity index (χ0v) is 16.9. The van der Waals surface area contributed by atoms with Crippen molar-refractivity contribution in [1.82, 2.24) is 9.80 Å². The second kappa shape index (κ2) is 8.08. The molecule has 0 unspecified atom stereocenters. The van der Waals surface area contributed by atoms with Gasteiger partial charge in [0.25, 0.3) is 0 Å². The molecule has 3 saturated heterocycles. The molecule has 29 heavy (non-hydrogen) atoms. The van der Waals surface area contributed by atoms with Gasteiger partial charge in [-0.25, -0.2) is 4.79 Å². The molecule has 0 bridgehead atoms. The van der Waals surface area contributed by atoms with E-state index in [1.54, 1.807) is 41.1 Å². The minimum absolute atomic E-state index is 0.0413. The summed E-state index contributed by atoms with van der Waals surface area (Å²) in [6, 6.07) is 5.18. The fourth-order valence-electron chi connectivity index (χ4n) is 4.11. The van der Waals surface area contributed by atoms with Gasteiger partial charge < -0.3 is 28.7 Å². The maximum atomic E-state index is 12.9. The van der Waals surface area contributed by atoms with E-state index < -0.39 is 5.79 Å². The molecule has 3 heterocycles. The Labute approximate surface area is 170 Å². The Morgan fingerprint density at radius 3 is 2.38 bits per heavy atom. The molecule has 158 valence electrons. The van der Waals surface area contributed by atoms with Crippen molar-refractivity contribution < 1.29 is 28.5 Å². The molecule has 9 heteroatoms. The van der Waals surface area contributed by atoms with Crippen molar-refractivity contribution in [3.8, 4) is 11.5 Å². The van der Waals surface area contributed by atoms with Gasteiger partial charge in [-0.05, 0) is 12.1 Å². The first kappa shape index (κ1) is 19.8. The molecular formula is C20H27N3O6. The minimum Gasteiger partial charge on any atom is -0.493 e. The van der Waals surface area contributed by atoms with E-state index in [1.165, 1.54) is 0 Å². The number of nitrogens with zero attached hydrogens (tertiary/aromatic N) is 3. The fourth-order valence-corrected chi connectivity index (χ4v) is 4.11. The summed E-state index contributed by atoms with van der Waals surface area (Å²) < 4.78 is 22.0. The van der Waals surface area contributed by atoms with E-state index in [1.807, 2.05) is 6.07 Å². The molecular weight excluding hydrogens is 378 g/mol. The van der Waals surface area contributed by atoms with Crippen LogP contribution in [-0.2, 0) is 14.3 Å². The van der Waals surface area contributed by atoms with Gasteiger partial charge in [0.05, 0.1) is 27.4 Å². The third-order valence-electron chi connectivity index (χ3n) is 5.79. The highest BCUT2D eigenvalue weighted by Crippen LogP contribution is 2.33. The number of piperidine rings is 1. The van der Waals surface area contributed by atoms with Gasteiger partial charge in [-0.2, -0.15) is 0 Å². The quantitative estimate of drug-likeness (QED) is 0.735. The number of urea groups is 1. The van der Waals surface area contributed by atoms with Gasteiger partial charge in [0.2, 0.25) is 5.91 Å². The molecule has 0 radical (unpaired) electrons. The van der Waals surface area contributed by atoms with Gasteiger partial charge in [0.15, 0.2) is 17.3 Å². The average molecular weight is 405 g/mol. The molecule has 1 aromatic carbocycles. The summed E-state index contributed by atoms with van der Waals surface area (Å²) in [6.45, 7) is 3.50. The molecule has 0 atom stereocenters. The van der Waals surface area contributed by atoms with Crippen molar-refractivity contribution in [2.45, 2.75) is 18.6 Å². The van der Waals surface area contributed by atoms with Gasteiger partial charge in [-0.1, -0.05) is 0 Å². The van der Waals surface area contributed by atoms with E-state index in [0.29, 0.717) is 63.7 Å². The molecule has 0 aliphatic carbocycles. The molecule has 3 aliphatic heterocycles. The molecule has 4 rings (SSSR count). The van der Waals surface area contributed by atoms with E-state index in [-0.39, 0.29) is 18.5 Å². The summed E-state index contributed by atoms with van der Waals surface area (Å²) in [7, 11) is 3.13. The van der Waals surface area contributed by atoms with E-state index >= 15 is 0 Å². The van der Waals surface area contributed by atoms with Crippen molar-refractivity contribution in [2.24, 2.45) is 0 Å². The third-order valence-corrected chi connectivity index (χ3v) is 5.79. The third kappa shape index (κ3) is 3.84. The van der Waals surface area contributed by atoms with Crippen LogP contribution in [0.4, 0.5) is 10.5 Å². The van der Waals surface area contributed by atoms with Crippen LogP contribution in [0.3, 0.4) is 0 Å². The highest BCUT2D eigenvalue weighted by molar-refractivity contribution is 5.96.